The van der Waals surface area contributed by atoms with Gasteiger partial charge in [-0.05, 0) is 22.9 Å². The maximum absolute atomic E-state index is 11.7. The van der Waals surface area contributed by atoms with Crippen LogP contribution in [-0.4, -0.2) is 12.5 Å². The van der Waals surface area contributed by atoms with Crippen molar-refractivity contribution in [2.24, 2.45) is 0 Å². The van der Waals surface area contributed by atoms with Gasteiger partial charge in [0, 0.05) is 11.4 Å². The summed E-state index contributed by atoms with van der Waals surface area (Å²) in [6.07, 6.45) is 0.485. The fourth-order valence-corrected chi connectivity index (χ4v) is 2.50. The van der Waals surface area contributed by atoms with Gasteiger partial charge in [0.25, 0.3) is 0 Å². The average Bonchev–Trinajstić information content (AvgIpc) is 2.90. The molecule has 0 aliphatic heterocycles. The van der Waals surface area contributed by atoms with E-state index in [1.54, 1.807) is 11.3 Å². The van der Waals surface area contributed by atoms with E-state index in [1.165, 1.54) is 5.56 Å². The summed E-state index contributed by atoms with van der Waals surface area (Å²) in [6, 6.07) is 14.2. The van der Waals surface area contributed by atoms with Gasteiger partial charge in [-0.3, -0.25) is 4.79 Å². The predicted octanol–water partition coefficient (Wildman–Crippen LogP) is 3.21. The standard InChI is InChI=1S/C15H17NOS/c1-12(13-6-3-2-4-7-13)11-16-15(17)10-14-8-5-9-18-14/h2-9,12H,10-11H2,1H3,(H,16,17). The Bertz CT molecular complexity index is 478. The Balaban J connectivity index is 1.79. The second kappa shape index (κ2) is 6.36. The van der Waals surface area contributed by atoms with Gasteiger partial charge in [0.15, 0.2) is 0 Å². The van der Waals surface area contributed by atoms with Crippen LogP contribution in [0, 0.1) is 0 Å². The van der Waals surface area contributed by atoms with Gasteiger partial charge in [0.2, 0.25) is 5.91 Å². The summed E-state index contributed by atoms with van der Waals surface area (Å²) in [5, 5.41) is 4.98. The molecule has 0 fully saturated rings. The van der Waals surface area contributed by atoms with E-state index in [2.05, 4.69) is 24.4 Å². The van der Waals surface area contributed by atoms with Crippen LogP contribution in [0.2, 0.25) is 0 Å². The first-order valence-corrected chi connectivity index (χ1v) is 6.97. The molecular formula is C15H17NOS. The number of nitrogens with one attached hydrogen (secondary N) is 1. The molecule has 0 spiro atoms. The normalized spacial score (nSPS) is 12.1. The molecule has 1 amide bonds. The third-order valence-corrected chi connectivity index (χ3v) is 3.77. The number of hydrogen-bond donors (Lipinski definition) is 1. The van der Waals surface area contributed by atoms with Crippen molar-refractivity contribution in [2.45, 2.75) is 19.3 Å². The van der Waals surface area contributed by atoms with E-state index < -0.39 is 0 Å². The Morgan fingerprint density at radius 1 is 1.22 bits per heavy atom. The van der Waals surface area contributed by atoms with E-state index in [0.29, 0.717) is 18.9 Å². The molecule has 0 bridgehead atoms. The monoisotopic (exact) mass is 259 g/mol. The van der Waals surface area contributed by atoms with Crippen molar-refractivity contribution in [1.29, 1.82) is 0 Å². The predicted molar refractivity (Wildman–Crippen MR) is 75.9 cm³/mol. The zero-order valence-corrected chi connectivity index (χ0v) is 11.2. The smallest absolute Gasteiger partial charge is 0.225 e. The number of hydrogen-bond acceptors (Lipinski definition) is 2. The fraction of sp³-hybridized carbons (Fsp3) is 0.267. The summed E-state index contributed by atoms with van der Waals surface area (Å²) >= 11 is 1.62. The van der Waals surface area contributed by atoms with E-state index in [9.17, 15) is 4.79 Å². The van der Waals surface area contributed by atoms with Gasteiger partial charge in [-0.25, -0.2) is 0 Å². The molecule has 1 heterocycles. The largest absolute Gasteiger partial charge is 0.355 e. The second-order valence-corrected chi connectivity index (χ2v) is 5.40. The van der Waals surface area contributed by atoms with Crippen molar-refractivity contribution in [1.82, 2.24) is 5.32 Å². The van der Waals surface area contributed by atoms with Crippen LogP contribution in [-0.2, 0) is 11.2 Å². The molecule has 18 heavy (non-hydrogen) atoms. The van der Waals surface area contributed by atoms with Gasteiger partial charge in [-0.1, -0.05) is 43.3 Å². The maximum atomic E-state index is 11.7. The molecule has 0 aliphatic rings. The minimum absolute atomic E-state index is 0.0974. The van der Waals surface area contributed by atoms with E-state index in [4.69, 9.17) is 0 Å². The number of carbonyl (C=O) groups excluding carboxylic acids is 1. The first-order chi connectivity index (χ1) is 8.75. The maximum Gasteiger partial charge on any atom is 0.225 e. The second-order valence-electron chi connectivity index (χ2n) is 4.37. The summed E-state index contributed by atoms with van der Waals surface area (Å²) < 4.78 is 0. The molecule has 2 rings (SSSR count). The molecule has 2 aromatic rings. The summed E-state index contributed by atoms with van der Waals surface area (Å²) in [6.45, 7) is 2.81. The zero-order valence-electron chi connectivity index (χ0n) is 10.4. The van der Waals surface area contributed by atoms with Crippen molar-refractivity contribution in [3.05, 3.63) is 58.3 Å². The lowest BCUT2D eigenvalue weighted by atomic mass is 10.0. The van der Waals surface area contributed by atoms with Crippen LogP contribution in [0.25, 0.3) is 0 Å². The van der Waals surface area contributed by atoms with Gasteiger partial charge in [-0.15, -0.1) is 11.3 Å². The van der Waals surface area contributed by atoms with E-state index in [-0.39, 0.29) is 5.91 Å². The Labute approximate surface area is 112 Å². The van der Waals surface area contributed by atoms with Gasteiger partial charge in [-0.2, -0.15) is 0 Å². The quantitative estimate of drug-likeness (QED) is 0.877. The lowest BCUT2D eigenvalue weighted by Gasteiger charge is -2.12. The Morgan fingerprint density at radius 2 is 2.00 bits per heavy atom. The number of amides is 1. The van der Waals surface area contributed by atoms with Crippen LogP contribution in [0.4, 0.5) is 0 Å². The topological polar surface area (TPSA) is 29.1 Å². The molecule has 1 aromatic heterocycles. The van der Waals surface area contributed by atoms with Crippen LogP contribution < -0.4 is 5.32 Å². The van der Waals surface area contributed by atoms with Gasteiger partial charge in [0.05, 0.1) is 6.42 Å². The van der Waals surface area contributed by atoms with Crippen LogP contribution >= 0.6 is 11.3 Å². The highest BCUT2D eigenvalue weighted by Crippen LogP contribution is 2.13. The molecule has 0 aliphatic carbocycles. The van der Waals surface area contributed by atoms with Crippen LogP contribution in [0.5, 0.6) is 0 Å². The minimum atomic E-state index is 0.0974. The molecule has 1 aromatic carbocycles. The van der Waals surface area contributed by atoms with Crippen molar-refractivity contribution >= 4 is 17.2 Å². The summed E-state index contributed by atoms with van der Waals surface area (Å²) in [5.41, 5.74) is 1.26. The van der Waals surface area contributed by atoms with Gasteiger partial charge in [0.1, 0.15) is 0 Å². The molecular weight excluding hydrogens is 242 g/mol. The highest BCUT2D eigenvalue weighted by Gasteiger charge is 2.08. The highest BCUT2D eigenvalue weighted by atomic mass is 32.1. The fourth-order valence-electron chi connectivity index (χ4n) is 1.80. The first-order valence-electron chi connectivity index (χ1n) is 6.09. The average molecular weight is 259 g/mol. The third-order valence-electron chi connectivity index (χ3n) is 2.89. The van der Waals surface area contributed by atoms with Gasteiger partial charge < -0.3 is 5.32 Å². The molecule has 1 N–H and O–H groups in total. The number of carbonyl (C=O) groups is 1. The zero-order chi connectivity index (χ0) is 12.8. The third kappa shape index (κ3) is 3.70. The number of thiophene rings is 1. The van der Waals surface area contributed by atoms with E-state index >= 15 is 0 Å². The molecule has 0 radical (unpaired) electrons. The van der Waals surface area contributed by atoms with Gasteiger partial charge >= 0.3 is 0 Å². The Hall–Kier alpha value is -1.61. The summed E-state index contributed by atoms with van der Waals surface area (Å²) in [5.74, 6) is 0.443. The molecule has 2 nitrogen and oxygen atoms in total. The molecule has 1 atom stereocenters. The van der Waals surface area contributed by atoms with Crippen LogP contribution in [0.15, 0.2) is 47.8 Å². The van der Waals surface area contributed by atoms with E-state index in [1.807, 2.05) is 35.7 Å². The number of benzene rings is 1. The Kier molecular flexibility index (Phi) is 4.53. The van der Waals surface area contributed by atoms with Crippen molar-refractivity contribution < 1.29 is 4.79 Å². The SMILES string of the molecule is CC(CNC(=O)Cc1cccs1)c1ccccc1. The lowest BCUT2D eigenvalue weighted by Crippen LogP contribution is -2.28. The number of rotatable bonds is 5. The van der Waals surface area contributed by atoms with Crippen molar-refractivity contribution in [3.8, 4) is 0 Å². The first kappa shape index (κ1) is 12.8. The molecule has 0 saturated heterocycles. The highest BCUT2D eigenvalue weighted by molar-refractivity contribution is 7.10. The van der Waals surface area contributed by atoms with E-state index in [0.717, 1.165) is 4.88 Å². The van der Waals surface area contributed by atoms with Crippen LogP contribution in [0.3, 0.4) is 0 Å². The van der Waals surface area contributed by atoms with Crippen molar-refractivity contribution in [2.75, 3.05) is 6.54 Å². The summed E-state index contributed by atoms with van der Waals surface area (Å²) in [7, 11) is 0. The molecule has 0 saturated carbocycles. The van der Waals surface area contributed by atoms with Crippen molar-refractivity contribution in [3.63, 3.8) is 0 Å². The van der Waals surface area contributed by atoms with Crippen LogP contribution in [0.1, 0.15) is 23.3 Å². The lowest BCUT2D eigenvalue weighted by molar-refractivity contribution is -0.120. The molecule has 94 valence electrons. The summed E-state index contributed by atoms with van der Waals surface area (Å²) in [4.78, 5) is 12.9. The minimum Gasteiger partial charge on any atom is -0.355 e. The Morgan fingerprint density at radius 3 is 2.67 bits per heavy atom. The molecule has 1 unspecified atom stereocenters. The molecule has 3 heteroatoms.